The normalized spacial score (nSPS) is 16.8. The number of nitrogens with one attached hydrogen (secondary N) is 1. The molecular weight excluding hydrogens is 268 g/mol. The summed E-state index contributed by atoms with van der Waals surface area (Å²) in [7, 11) is 0. The zero-order valence-corrected chi connectivity index (χ0v) is 10.8. The Balaban J connectivity index is 2.29. The number of ether oxygens (including phenoxy) is 1. The summed E-state index contributed by atoms with van der Waals surface area (Å²) in [5, 5.41) is 0. The van der Waals surface area contributed by atoms with Crippen LogP contribution in [-0.2, 0) is 4.74 Å². The maximum absolute atomic E-state index is 5.59. The quantitative estimate of drug-likeness (QED) is 0.662. The third-order valence-corrected chi connectivity index (χ3v) is 3.59. The van der Waals surface area contributed by atoms with E-state index in [1.54, 1.807) is 0 Å². The van der Waals surface area contributed by atoms with Crippen LogP contribution in [0.2, 0.25) is 0 Å². The second-order valence-corrected chi connectivity index (χ2v) is 4.71. The lowest BCUT2D eigenvalue weighted by molar-refractivity contribution is 0.215. The molecule has 0 bridgehead atoms. The third-order valence-electron chi connectivity index (χ3n) is 2.70. The van der Waals surface area contributed by atoms with E-state index in [2.05, 4.69) is 40.4 Å². The van der Waals surface area contributed by atoms with E-state index in [0.717, 1.165) is 28.8 Å². The van der Waals surface area contributed by atoms with Gasteiger partial charge in [0, 0.05) is 10.9 Å². The summed E-state index contributed by atoms with van der Waals surface area (Å²) >= 11 is 3.49. The fourth-order valence-electron chi connectivity index (χ4n) is 1.83. The zero-order chi connectivity index (χ0) is 11.5. The molecule has 1 atom stereocenters. The molecule has 0 aromatic heterocycles. The second kappa shape index (κ2) is 4.99. The van der Waals surface area contributed by atoms with Crippen LogP contribution in [0.25, 0.3) is 0 Å². The van der Waals surface area contributed by atoms with Gasteiger partial charge >= 0.3 is 0 Å². The Kier molecular flexibility index (Phi) is 3.63. The third kappa shape index (κ3) is 2.29. The van der Waals surface area contributed by atoms with Crippen LogP contribution >= 0.6 is 15.9 Å². The topological polar surface area (TPSA) is 47.3 Å². The largest absolute Gasteiger partial charge is 0.496 e. The molecule has 1 unspecified atom stereocenters. The first kappa shape index (κ1) is 11.6. The van der Waals surface area contributed by atoms with Gasteiger partial charge in [0.1, 0.15) is 11.8 Å². The van der Waals surface area contributed by atoms with Crippen LogP contribution in [0.5, 0.6) is 0 Å². The van der Waals surface area contributed by atoms with E-state index in [-0.39, 0.29) is 6.04 Å². The van der Waals surface area contributed by atoms with Crippen LogP contribution in [-0.4, -0.2) is 6.61 Å². The van der Waals surface area contributed by atoms with Crippen LogP contribution < -0.4 is 11.3 Å². The molecule has 0 amide bonds. The summed E-state index contributed by atoms with van der Waals surface area (Å²) in [6.45, 7) is 2.81. The van der Waals surface area contributed by atoms with E-state index >= 15 is 0 Å². The Labute approximate surface area is 104 Å². The molecular formula is C12H15BrN2O. The van der Waals surface area contributed by atoms with Gasteiger partial charge in [-0.2, -0.15) is 0 Å². The smallest absolute Gasteiger partial charge is 0.115 e. The predicted octanol–water partition coefficient (Wildman–Crippen LogP) is 2.57. The summed E-state index contributed by atoms with van der Waals surface area (Å²) in [5.41, 5.74) is 5.11. The standard InChI is InChI=1S/C12H15BrN2O/c1-8-7-9(4-5-10(8)13)12(15-14)11-3-2-6-16-11/h3-5,7,12,15H,2,6,14H2,1H3. The Morgan fingerprint density at radius 2 is 2.31 bits per heavy atom. The highest BCUT2D eigenvalue weighted by molar-refractivity contribution is 9.10. The first-order valence-electron chi connectivity index (χ1n) is 5.27. The highest BCUT2D eigenvalue weighted by Crippen LogP contribution is 2.28. The molecule has 86 valence electrons. The molecule has 0 aliphatic carbocycles. The predicted molar refractivity (Wildman–Crippen MR) is 67.6 cm³/mol. The van der Waals surface area contributed by atoms with Gasteiger partial charge < -0.3 is 4.74 Å². The number of hydrazine groups is 1. The molecule has 3 nitrogen and oxygen atoms in total. The van der Waals surface area contributed by atoms with E-state index in [1.165, 1.54) is 5.56 Å². The number of rotatable bonds is 3. The van der Waals surface area contributed by atoms with Gasteiger partial charge in [-0.15, -0.1) is 0 Å². The summed E-state index contributed by atoms with van der Waals surface area (Å²) in [5.74, 6) is 6.51. The van der Waals surface area contributed by atoms with Gasteiger partial charge in [-0.05, 0) is 30.2 Å². The average molecular weight is 283 g/mol. The minimum absolute atomic E-state index is 0.0469. The van der Waals surface area contributed by atoms with Crippen molar-refractivity contribution in [1.29, 1.82) is 0 Å². The molecule has 0 saturated heterocycles. The molecule has 0 spiro atoms. The molecule has 2 rings (SSSR count). The molecule has 0 radical (unpaired) electrons. The van der Waals surface area contributed by atoms with E-state index in [4.69, 9.17) is 10.6 Å². The first-order chi connectivity index (χ1) is 7.72. The van der Waals surface area contributed by atoms with Crippen LogP contribution in [0, 0.1) is 6.92 Å². The summed E-state index contributed by atoms with van der Waals surface area (Å²) in [6.07, 6.45) is 3.05. The van der Waals surface area contributed by atoms with Gasteiger partial charge in [-0.1, -0.05) is 28.1 Å². The Hall–Kier alpha value is -0.840. The molecule has 3 N–H and O–H groups in total. The molecule has 1 heterocycles. The van der Waals surface area contributed by atoms with Gasteiger partial charge in [0.2, 0.25) is 0 Å². The molecule has 0 saturated carbocycles. The Morgan fingerprint density at radius 1 is 1.50 bits per heavy atom. The maximum atomic E-state index is 5.59. The minimum atomic E-state index is -0.0469. The zero-order valence-electron chi connectivity index (χ0n) is 9.16. The van der Waals surface area contributed by atoms with Crippen LogP contribution in [0.3, 0.4) is 0 Å². The van der Waals surface area contributed by atoms with Gasteiger partial charge in [0.05, 0.1) is 6.61 Å². The van der Waals surface area contributed by atoms with E-state index in [9.17, 15) is 0 Å². The molecule has 1 aliphatic rings. The molecule has 1 aliphatic heterocycles. The summed E-state index contributed by atoms with van der Waals surface area (Å²) in [4.78, 5) is 0. The lowest BCUT2D eigenvalue weighted by atomic mass is 10.0. The number of hydrogen-bond acceptors (Lipinski definition) is 3. The fourth-order valence-corrected chi connectivity index (χ4v) is 2.07. The van der Waals surface area contributed by atoms with Gasteiger partial charge in [-0.3, -0.25) is 5.84 Å². The van der Waals surface area contributed by atoms with Crippen molar-refractivity contribution in [2.45, 2.75) is 19.4 Å². The Bertz CT molecular complexity index is 417. The van der Waals surface area contributed by atoms with Crippen LogP contribution in [0.1, 0.15) is 23.6 Å². The van der Waals surface area contributed by atoms with Crippen LogP contribution in [0.4, 0.5) is 0 Å². The van der Waals surface area contributed by atoms with Crippen LogP contribution in [0.15, 0.2) is 34.5 Å². The lowest BCUT2D eigenvalue weighted by Gasteiger charge is -2.18. The van der Waals surface area contributed by atoms with E-state index in [0.29, 0.717) is 0 Å². The molecule has 16 heavy (non-hydrogen) atoms. The van der Waals surface area contributed by atoms with Crippen molar-refractivity contribution in [3.05, 3.63) is 45.6 Å². The van der Waals surface area contributed by atoms with E-state index < -0.39 is 0 Å². The van der Waals surface area contributed by atoms with Crippen molar-refractivity contribution >= 4 is 15.9 Å². The van der Waals surface area contributed by atoms with Crippen molar-refractivity contribution in [2.75, 3.05) is 6.61 Å². The number of halogens is 1. The van der Waals surface area contributed by atoms with E-state index in [1.807, 2.05) is 12.1 Å². The average Bonchev–Trinajstić information content (AvgIpc) is 2.78. The lowest BCUT2D eigenvalue weighted by Crippen LogP contribution is -2.29. The number of nitrogens with two attached hydrogens (primary N) is 1. The number of hydrogen-bond donors (Lipinski definition) is 2. The highest BCUT2D eigenvalue weighted by atomic mass is 79.9. The van der Waals surface area contributed by atoms with Crippen molar-refractivity contribution in [1.82, 2.24) is 5.43 Å². The fraction of sp³-hybridized carbons (Fsp3) is 0.333. The maximum Gasteiger partial charge on any atom is 0.115 e. The Morgan fingerprint density at radius 3 is 2.88 bits per heavy atom. The molecule has 1 aromatic rings. The number of benzene rings is 1. The second-order valence-electron chi connectivity index (χ2n) is 3.85. The van der Waals surface area contributed by atoms with Gasteiger partial charge in [-0.25, -0.2) is 5.43 Å². The monoisotopic (exact) mass is 282 g/mol. The van der Waals surface area contributed by atoms with Crippen molar-refractivity contribution in [3.63, 3.8) is 0 Å². The minimum Gasteiger partial charge on any atom is -0.496 e. The van der Waals surface area contributed by atoms with Crippen molar-refractivity contribution < 1.29 is 4.74 Å². The SMILES string of the molecule is Cc1cc(C(NN)C2=CCCO2)ccc1Br. The molecule has 0 fully saturated rings. The highest BCUT2D eigenvalue weighted by Gasteiger charge is 2.19. The molecule has 1 aromatic carbocycles. The molecule has 4 heteroatoms. The first-order valence-corrected chi connectivity index (χ1v) is 6.06. The summed E-state index contributed by atoms with van der Waals surface area (Å²) < 4.78 is 6.64. The summed E-state index contributed by atoms with van der Waals surface area (Å²) in [6, 6.07) is 6.14. The van der Waals surface area contributed by atoms with Gasteiger partial charge in [0.15, 0.2) is 0 Å². The number of aryl methyl sites for hydroxylation is 1. The van der Waals surface area contributed by atoms with Crippen molar-refractivity contribution in [2.24, 2.45) is 5.84 Å². The van der Waals surface area contributed by atoms with Crippen molar-refractivity contribution in [3.8, 4) is 0 Å². The van der Waals surface area contributed by atoms with Gasteiger partial charge in [0.25, 0.3) is 0 Å².